The van der Waals surface area contributed by atoms with Crippen LogP contribution in [0.15, 0.2) is 12.2 Å². The molecule has 1 N–H and O–H groups in total. The number of carboxylic acid groups (broad SMARTS) is 1. The SMILES string of the molecule is CC(C)C(OC(=O)/C=C/C(=O)O)C(C)(C)C. The molecule has 0 spiro atoms. The number of carbonyl (C=O) groups excluding carboxylic acids is 1. The Morgan fingerprint density at radius 2 is 1.69 bits per heavy atom. The number of hydrogen-bond donors (Lipinski definition) is 1. The van der Waals surface area contributed by atoms with Gasteiger partial charge < -0.3 is 9.84 Å². The summed E-state index contributed by atoms with van der Waals surface area (Å²) in [6.45, 7) is 9.86. The fraction of sp³-hybridized carbons (Fsp3) is 0.667. The molecule has 0 rings (SSSR count). The van der Waals surface area contributed by atoms with Crippen LogP contribution >= 0.6 is 0 Å². The third-order valence-electron chi connectivity index (χ3n) is 2.06. The van der Waals surface area contributed by atoms with Gasteiger partial charge in [0.25, 0.3) is 0 Å². The third-order valence-corrected chi connectivity index (χ3v) is 2.06. The van der Waals surface area contributed by atoms with E-state index in [9.17, 15) is 9.59 Å². The van der Waals surface area contributed by atoms with E-state index in [4.69, 9.17) is 9.84 Å². The van der Waals surface area contributed by atoms with Crippen LogP contribution in [0.25, 0.3) is 0 Å². The number of carboxylic acids is 1. The van der Waals surface area contributed by atoms with Crippen molar-refractivity contribution in [1.82, 2.24) is 0 Å². The molecule has 0 aliphatic heterocycles. The number of ether oxygens (including phenoxy) is 1. The molecule has 0 amide bonds. The van der Waals surface area contributed by atoms with Crippen molar-refractivity contribution in [1.29, 1.82) is 0 Å². The summed E-state index contributed by atoms with van der Waals surface area (Å²) >= 11 is 0. The van der Waals surface area contributed by atoms with Gasteiger partial charge in [0.15, 0.2) is 0 Å². The van der Waals surface area contributed by atoms with Crippen LogP contribution in [0.5, 0.6) is 0 Å². The van der Waals surface area contributed by atoms with Crippen molar-refractivity contribution < 1.29 is 19.4 Å². The molecule has 0 aromatic heterocycles. The van der Waals surface area contributed by atoms with Crippen molar-refractivity contribution in [3.05, 3.63) is 12.2 Å². The Bertz CT molecular complexity index is 284. The van der Waals surface area contributed by atoms with Gasteiger partial charge in [-0.2, -0.15) is 0 Å². The highest BCUT2D eigenvalue weighted by Crippen LogP contribution is 2.28. The molecule has 0 aromatic carbocycles. The van der Waals surface area contributed by atoms with Gasteiger partial charge in [-0.15, -0.1) is 0 Å². The monoisotopic (exact) mass is 228 g/mol. The van der Waals surface area contributed by atoms with E-state index in [0.717, 1.165) is 12.2 Å². The molecule has 0 aliphatic carbocycles. The Morgan fingerprint density at radius 1 is 1.19 bits per heavy atom. The van der Waals surface area contributed by atoms with Gasteiger partial charge >= 0.3 is 11.9 Å². The van der Waals surface area contributed by atoms with Crippen molar-refractivity contribution in [3.8, 4) is 0 Å². The summed E-state index contributed by atoms with van der Waals surface area (Å²) in [7, 11) is 0. The summed E-state index contributed by atoms with van der Waals surface area (Å²) in [6, 6.07) is 0. The van der Waals surface area contributed by atoms with E-state index in [-0.39, 0.29) is 17.4 Å². The number of carbonyl (C=O) groups is 2. The highest BCUT2D eigenvalue weighted by molar-refractivity contribution is 5.90. The molecule has 0 heterocycles. The molecular formula is C12H20O4. The van der Waals surface area contributed by atoms with Gasteiger partial charge in [-0.05, 0) is 11.3 Å². The van der Waals surface area contributed by atoms with Crippen LogP contribution in [0.1, 0.15) is 34.6 Å². The molecule has 1 unspecified atom stereocenters. The van der Waals surface area contributed by atoms with Gasteiger partial charge in [0.1, 0.15) is 6.10 Å². The zero-order valence-electron chi connectivity index (χ0n) is 10.5. The van der Waals surface area contributed by atoms with E-state index in [1.165, 1.54) is 0 Å². The minimum absolute atomic E-state index is 0.166. The second kappa shape index (κ2) is 5.68. The average molecular weight is 228 g/mol. The molecule has 0 radical (unpaired) electrons. The van der Waals surface area contributed by atoms with Crippen LogP contribution in [0.2, 0.25) is 0 Å². The first-order chi connectivity index (χ1) is 7.14. The fourth-order valence-corrected chi connectivity index (χ4v) is 1.62. The third kappa shape index (κ3) is 5.53. The minimum atomic E-state index is -1.16. The Balaban J connectivity index is 4.54. The predicted molar refractivity (Wildman–Crippen MR) is 60.9 cm³/mol. The lowest BCUT2D eigenvalue weighted by molar-refractivity contribution is -0.152. The van der Waals surface area contributed by atoms with Crippen molar-refractivity contribution in [2.45, 2.75) is 40.7 Å². The van der Waals surface area contributed by atoms with Crippen LogP contribution in [0, 0.1) is 11.3 Å². The summed E-state index contributed by atoms with van der Waals surface area (Å²) in [5.74, 6) is -1.59. The van der Waals surface area contributed by atoms with Gasteiger partial charge in [0.05, 0.1) is 0 Å². The van der Waals surface area contributed by atoms with Crippen LogP contribution in [0.4, 0.5) is 0 Å². The van der Waals surface area contributed by atoms with E-state index in [1.807, 2.05) is 34.6 Å². The Hall–Kier alpha value is -1.32. The van der Waals surface area contributed by atoms with E-state index in [2.05, 4.69) is 0 Å². The highest BCUT2D eigenvalue weighted by Gasteiger charge is 2.30. The summed E-state index contributed by atoms with van der Waals surface area (Å²) < 4.78 is 5.24. The van der Waals surface area contributed by atoms with E-state index in [1.54, 1.807) is 0 Å². The van der Waals surface area contributed by atoms with Crippen LogP contribution < -0.4 is 0 Å². The zero-order valence-corrected chi connectivity index (χ0v) is 10.5. The lowest BCUT2D eigenvalue weighted by Gasteiger charge is -2.32. The molecule has 1 atom stereocenters. The largest absolute Gasteiger partial charge is 0.478 e. The zero-order chi connectivity index (χ0) is 12.9. The second-order valence-electron chi connectivity index (χ2n) is 5.14. The quantitative estimate of drug-likeness (QED) is 0.592. The molecule has 0 saturated heterocycles. The van der Waals surface area contributed by atoms with Crippen molar-refractivity contribution >= 4 is 11.9 Å². The Labute approximate surface area is 96.3 Å². The number of esters is 1. The van der Waals surface area contributed by atoms with Gasteiger partial charge in [0.2, 0.25) is 0 Å². The molecule has 0 aromatic rings. The molecule has 4 nitrogen and oxygen atoms in total. The first-order valence-electron chi connectivity index (χ1n) is 5.26. The molecule has 92 valence electrons. The molecule has 4 heteroatoms. The highest BCUT2D eigenvalue weighted by atomic mass is 16.5. The summed E-state index contributed by atoms with van der Waals surface area (Å²) in [6.07, 6.45) is 1.48. The van der Waals surface area contributed by atoms with E-state index in [0.29, 0.717) is 0 Å². The van der Waals surface area contributed by atoms with Gasteiger partial charge in [-0.1, -0.05) is 34.6 Å². The van der Waals surface area contributed by atoms with Crippen molar-refractivity contribution in [2.24, 2.45) is 11.3 Å². The lowest BCUT2D eigenvalue weighted by Crippen LogP contribution is -2.35. The summed E-state index contributed by atoms with van der Waals surface area (Å²) in [5, 5.41) is 8.37. The molecule has 0 bridgehead atoms. The maximum absolute atomic E-state index is 11.3. The molecule has 0 saturated carbocycles. The maximum Gasteiger partial charge on any atom is 0.331 e. The first-order valence-corrected chi connectivity index (χ1v) is 5.26. The Morgan fingerprint density at radius 3 is 2.00 bits per heavy atom. The topological polar surface area (TPSA) is 63.6 Å². The molecule has 0 aliphatic rings. The van der Waals surface area contributed by atoms with Crippen molar-refractivity contribution in [2.75, 3.05) is 0 Å². The normalized spacial score (nSPS) is 14.1. The first kappa shape index (κ1) is 14.7. The maximum atomic E-state index is 11.3. The van der Waals surface area contributed by atoms with E-state index >= 15 is 0 Å². The second-order valence-corrected chi connectivity index (χ2v) is 5.14. The van der Waals surface area contributed by atoms with Gasteiger partial charge in [0, 0.05) is 12.2 Å². The van der Waals surface area contributed by atoms with E-state index < -0.39 is 11.9 Å². The molecule has 0 fully saturated rings. The van der Waals surface area contributed by atoms with Crippen molar-refractivity contribution in [3.63, 3.8) is 0 Å². The lowest BCUT2D eigenvalue weighted by atomic mass is 9.82. The number of rotatable bonds is 4. The van der Waals surface area contributed by atoms with Crippen LogP contribution in [-0.4, -0.2) is 23.1 Å². The standard InChI is InChI=1S/C12H20O4/c1-8(2)11(12(3,4)5)16-10(15)7-6-9(13)14/h6-8,11H,1-5H3,(H,13,14)/b7-6+. The van der Waals surface area contributed by atoms with Gasteiger partial charge in [-0.3, -0.25) is 0 Å². The average Bonchev–Trinajstić information content (AvgIpc) is 2.08. The van der Waals surface area contributed by atoms with Crippen LogP contribution in [-0.2, 0) is 14.3 Å². The number of hydrogen-bond acceptors (Lipinski definition) is 3. The van der Waals surface area contributed by atoms with Gasteiger partial charge in [-0.25, -0.2) is 9.59 Å². The fourth-order valence-electron chi connectivity index (χ4n) is 1.62. The van der Waals surface area contributed by atoms with Crippen LogP contribution in [0.3, 0.4) is 0 Å². The molecular weight excluding hydrogens is 208 g/mol. The smallest absolute Gasteiger partial charge is 0.331 e. The Kier molecular flexibility index (Phi) is 5.21. The summed E-state index contributed by atoms with van der Waals surface area (Å²) in [5.41, 5.74) is -0.166. The number of aliphatic carboxylic acids is 1. The molecule has 16 heavy (non-hydrogen) atoms. The predicted octanol–water partition coefficient (Wildman–Crippen LogP) is 2.24. The summed E-state index contributed by atoms with van der Waals surface area (Å²) in [4.78, 5) is 21.6. The minimum Gasteiger partial charge on any atom is -0.478 e.